The Morgan fingerprint density at radius 3 is 2.32 bits per heavy atom. The predicted octanol–water partition coefficient (Wildman–Crippen LogP) is 4.77. The highest BCUT2D eigenvalue weighted by atomic mass is 79.9. The second-order valence-corrected chi connectivity index (χ2v) is 5.85. The van der Waals surface area contributed by atoms with E-state index in [-0.39, 0.29) is 5.82 Å². The zero-order chi connectivity index (χ0) is 14.0. The lowest BCUT2D eigenvalue weighted by Crippen LogP contribution is -2.02. The first-order valence-electron chi connectivity index (χ1n) is 5.54. The van der Waals surface area contributed by atoms with Crippen LogP contribution in [0.15, 0.2) is 45.3 Å². The molecule has 0 bridgehead atoms. The summed E-state index contributed by atoms with van der Waals surface area (Å²) in [6.45, 7) is 0. The summed E-state index contributed by atoms with van der Waals surface area (Å²) >= 11 is 6.15. The number of rotatable bonds is 3. The van der Waals surface area contributed by atoms with Gasteiger partial charge in [0.25, 0.3) is 0 Å². The summed E-state index contributed by atoms with van der Waals surface area (Å²) in [6, 6.07) is 9.01. The first kappa shape index (κ1) is 14.6. The lowest BCUT2D eigenvalue weighted by atomic mass is 10.0. The molecule has 0 heterocycles. The SMILES string of the molecule is OC(Cc1ccc(F)c(Br)c1)c1ccc(Br)c(F)c1. The summed E-state index contributed by atoms with van der Waals surface area (Å²) in [5, 5.41) is 10.1. The highest BCUT2D eigenvalue weighted by Crippen LogP contribution is 2.25. The highest BCUT2D eigenvalue weighted by molar-refractivity contribution is 9.10. The number of halogens is 4. The van der Waals surface area contributed by atoms with E-state index in [1.165, 1.54) is 12.1 Å². The summed E-state index contributed by atoms with van der Waals surface area (Å²) in [4.78, 5) is 0. The van der Waals surface area contributed by atoms with Gasteiger partial charge in [0, 0.05) is 6.42 Å². The van der Waals surface area contributed by atoms with Crippen LogP contribution in [-0.2, 0) is 6.42 Å². The Hall–Kier alpha value is -0.780. The van der Waals surface area contributed by atoms with Gasteiger partial charge in [-0.15, -0.1) is 0 Å². The topological polar surface area (TPSA) is 20.2 Å². The van der Waals surface area contributed by atoms with Crippen molar-refractivity contribution in [2.45, 2.75) is 12.5 Å². The summed E-state index contributed by atoms with van der Waals surface area (Å²) in [5.41, 5.74) is 1.25. The van der Waals surface area contributed by atoms with Gasteiger partial charge >= 0.3 is 0 Å². The number of hydrogen-bond acceptors (Lipinski definition) is 1. The van der Waals surface area contributed by atoms with Crippen molar-refractivity contribution in [1.29, 1.82) is 0 Å². The molecule has 0 saturated carbocycles. The van der Waals surface area contributed by atoms with Crippen molar-refractivity contribution in [3.05, 3.63) is 68.1 Å². The van der Waals surface area contributed by atoms with Gasteiger partial charge in [0.05, 0.1) is 15.0 Å². The smallest absolute Gasteiger partial charge is 0.137 e. The van der Waals surface area contributed by atoms with E-state index in [1.807, 2.05) is 0 Å². The molecule has 0 aliphatic carbocycles. The molecular formula is C14H10Br2F2O. The van der Waals surface area contributed by atoms with E-state index in [4.69, 9.17) is 0 Å². The molecule has 0 spiro atoms. The number of aliphatic hydroxyl groups excluding tert-OH is 1. The first-order chi connectivity index (χ1) is 8.97. The Bertz CT molecular complexity index is 602. The molecule has 19 heavy (non-hydrogen) atoms. The fourth-order valence-electron chi connectivity index (χ4n) is 1.73. The minimum absolute atomic E-state index is 0.292. The first-order valence-corrected chi connectivity index (χ1v) is 7.13. The fourth-order valence-corrected chi connectivity index (χ4v) is 2.40. The molecule has 2 aromatic rings. The lowest BCUT2D eigenvalue weighted by molar-refractivity contribution is 0.178. The summed E-state index contributed by atoms with van der Waals surface area (Å²) in [7, 11) is 0. The Kier molecular flexibility index (Phi) is 4.71. The molecule has 0 aliphatic heterocycles. The van der Waals surface area contributed by atoms with Crippen LogP contribution in [0.5, 0.6) is 0 Å². The molecule has 100 valence electrons. The van der Waals surface area contributed by atoms with E-state index in [1.54, 1.807) is 24.3 Å². The second-order valence-electron chi connectivity index (χ2n) is 4.14. The van der Waals surface area contributed by atoms with Crippen LogP contribution in [0.3, 0.4) is 0 Å². The third-order valence-corrected chi connectivity index (χ3v) is 3.99. The maximum atomic E-state index is 13.4. The van der Waals surface area contributed by atoms with Crippen LogP contribution >= 0.6 is 31.9 Å². The molecule has 0 saturated heterocycles. The molecule has 1 unspecified atom stereocenters. The van der Waals surface area contributed by atoms with Crippen molar-refractivity contribution in [1.82, 2.24) is 0 Å². The van der Waals surface area contributed by atoms with Crippen LogP contribution in [-0.4, -0.2) is 5.11 Å². The van der Waals surface area contributed by atoms with Crippen molar-refractivity contribution < 1.29 is 13.9 Å². The summed E-state index contributed by atoms with van der Waals surface area (Å²) < 4.78 is 27.2. The minimum atomic E-state index is -0.833. The number of benzene rings is 2. The highest BCUT2D eigenvalue weighted by Gasteiger charge is 2.12. The van der Waals surface area contributed by atoms with Crippen LogP contribution in [0, 0.1) is 11.6 Å². The van der Waals surface area contributed by atoms with E-state index in [0.29, 0.717) is 20.9 Å². The van der Waals surface area contributed by atoms with Crippen molar-refractivity contribution in [2.75, 3.05) is 0 Å². The predicted molar refractivity (Wildman–Crippen MR) is 76.9 cm³/mol. The van der Waals surface area contributed by atoms with Gasteiger partial charge in [0.1, 0.15) is 11.6 Å². The van der Waals surface area contributed by atoms with Crippen LogP contribution in [0.4, 0.5) is 8.78 Å². The largest absolute Gasteiger partial charge is 0.388 e. The Morgan fingerprint density at radius 2 is 1.68 bits per heavy atom. The van der Waals surface area contributed by atoms with Crippen molar-refractivity contribution >= 4 is 31.9 Å². The Labute approximate surface area is 126 Å². The van der Waals surface area contributed by atoms with E-state index in [2.05, 4.69) is 31.9 Å². The molecule has 0 amide bonds. The van der Waals surface area contributed by atoms with Crippen LogP contribution in [0.2, 0.25) is 0 Å². The molecule has 0 radical (unpaired) electrons. The molecule has 1 nitrogen and oxygen atoms in total. The van der Waals surface area contributed by atoms with Gasteiger partial charge in [-0.2, -0.15) is 0 Å². The van der Waals surface area contributed by atoms with Crippen LogP contribution in [0.1, 0.15) is 17.2 Å². The van der Waals surface area contributed by atoms with Crippen LogP contribution < -0.4 is 0 Å². The molecule has 5 heteroatoms. The molecule has 1 atom stereocenters. The van der Waals surface area contributed by atoms with Crippen molar-refractivity contribution in [2.24, 2.45) is 0 Å². The van der Waals surface area contributed by atoms with Gasteiger partial charge in [-0.05, 0) is 67.3 Å². The molecule has 2 aromatic carbocycles. The van der Waals surface area contributed by atoms with E-state index in [9.17, 15) is 13.9 Å². The minimum Gasteiger partial charge on any atom is -0.388 e. The van der Waals surface area contributed by atoms with Gasteiger partial charge < -0.3 is 5.11 Å². The zero-order valence-corrected chi connectivity index (χ0v) is 12.9. The Morgan fingerprint density at radius 1 is 0.947 bits per heavy atom. The Balaban J connectivity index is 2.17. The monoisotopic (exact) mass is 390 g/mol. The standard InChI is InChI=1S/C14H10Br2F2O/c15-10-3-2-9(7-13(10)18)14(19)6-8-1-4-12(17)11(16)5-8/h1-5,7,14,19H,6H2. The van der Waals surface area contributed by atoms with Gasteiger partial charge in [0.2, 0.25) is 0 Å². The van der Waals surface area contributed by atoms with Gasteiger partial charge in [-0.1, -0.05) is 12.1 Å². The molecule has 0 aliphatic rings. The lowest BCUT2D eigenvalue weighted by Gasteiger charge is -2.12. The maximum absolute atomic E-state index is 13.4. The summed E-state index contributed by atoms with van der Waals surface area (Å²) in [6.07, 6.45) is -0.542. The fraction of sp³-hybridized carbons (Fsp3) is 0.143. The van der Waals surface area contributed by atoms with E-state index >= 15 is 0 Å². The van der Waals surface area contributed by atoms with E-state index < -0.39 is 11.9 Å². The van der Waals surface area contributed by atoms with Crippen molar-refractivity contribution in [3.8, 4) is 0 Å². The maximum Gasteiger partial charge on any atom is 0.137 e. The molecule has 2 rings (SSSR count). The average Bonchev–Trinajstić information content (AvgIpc) is 2.37. The third-order valence-electron chi connectivity index (χ3n) is 2.74. The molecule has 0 aromatic heterocycles. The second kappa shape index (κ2) is 6.11. The van der Waals surface area contributed by atoms with E-state index in [0.717, 1.165) is 5.56 Å². The van der Waals surface area contributed by atoms with Gasteiger partial charge in [0.15, 0.2) is 0 Å². The quantitative estimate of drug-likeness (QED) is 0.799. The zero-order valence-electron chi connectivity index (χ0n) is 9.71. The normalized spacial score (nSPS) is 12.5. The molecule has 1 N–H and O–H groups in total. The van der Waals surface area contributed by atoms with Gasteiger partial charge in [-0.3, -0.25) is 0 Å². The van der Waals surface area contributed by atoms with Gasteiger partial charge in [-0.25, -0.2) is 8.78 Å². The molecular weight excluding hydrogens is 382 g/mol. The van der Waals surface area contributed by atoms with Crippen LogP contribution in [0.25, 0.3) is 0 Å². The van der Waals surface area contributed by atoms with Crippen molar-refractivity contribution in [3.63, 3.8) is 0 Å². The summed E-state index contributed by atoms with van der Waals surface area (Å²) in [5.74, 6) is -0.773. The third kappa shape index (κ3) is 3.61. The number of hydrogen-bond donors (Lipinski definition) is 1. The molecule has 0 fully saturated rings. The number of aliphatic hydroxyl groups is 1. The average molecular weight is 392 g/mol.